The van der Waals surface area contributed by atoms with Crippen LogP contribution in [0.2, 0.25) is 0 Å². The third kappa shape index (κ3) is 7.63. The summed E-state index contributed by atoms with van der Waals surface area (Å²) in [4.78, 5) is 12.7. The molecule has 4 nitrogen and oxygen atoms in total. The summed E-state index contributed by atoms with van der Waals surface area (Å²) < 4.78 is 17.4. The Morgan fingerprint density at radius 2 is 1.58 bits per heavy atom. The lowest BCUT2D eigenvalue weighted by Crippen LogP contribution is -2.03. The minimum atomic E-state index is -0.0772. The van der Waals surface area contributed by atoms with Crippen molar-refractivity contribution in [2.45, 2.75) is 53.4 Å². The molecule has 0 amide bonds. The van der Waals surface area contributed by atoms with Gasteiger partial charge in [-0.15, -0.1) is 0 Å². The van der Waals surface area contributed by atoms with Crippen LogP contribution in [0.4, 0.5) is 0 Å². The summed E-state index contributed by atoms with van der Waals surface area (Å²) in [6, 6.07) is 11.1. The van der Waals surface area contributed by atoms with Crippen LogP contribution in [0.5, 0.6) is 17.2 Å². The largest absolute Gasteiger partial charge is 0.493 e. The van der Waals surface area contributed by atoms with Gasteiger partial charge in [0.05, 0.1) is 19.0 Å². The third-order valence-electron chi connectivity index (χ3n) is 4.48. The van der Waals surface area contributed by atoms with Gasteiger partial charge in [-0.2, -0.15) is 0 Å². The van der Waals surface area contributed by atoms with Crippen molar-refractivity contribution in [3.05, 3.63) is 71.5 Å². The molecule has 0 unspecified atom stereocenters. The van der Waals surface area contributed by atoms with E-state index in [1.165, 1.54) is 0 Å². The van der Waals surface area contributed by atoms with Crippen molar-refractivity contribution in [1.82, 2.24) is 0 Å². The molecule has 166 valence electrons. The first kappa shape index (κ1) is 24.3. The zero-order valence-corrected chi connectivity index (χ0v) is 19.2. The number of benzene rings is 2. The second-order valence-corrected chi connectivity index (χ2v) is 7.47. The van der Waals surface area contributed by atoms with Crippen molar-refractivity contribution in [3.63, 3.8) is 0 Å². The van der Waals surface area contributed by atoms with Crippen molar-refractivity contribution in [1.29, 1.82) is 0 Å². The minimum Gasteiger partial charge on any atom is -0.493 e. The average molecular weight is 423 g/mol. The van der Waals surface area contributed by atoms with Gasteiger partial charge < -0.3 is 14.2 Å². The highest BCUT2D eigenvalue weighted by atomic mass is 16.5. The van der Waals surface area contributed by atoms with E-state index in [0.717, 1.165) is 48.3 Å². The van der Waals surface area contributed by atoms with Gasteiger partial charge in [0.1, 0.15) is 17.2 Å². The first-order chi connectivity index (χ1) is 15.0. The van der Waals surface area contributed by atoms with Crippen LogP contribution in [0.15, 0.2) is 54.8 Å². The van der Waals surface area contributed by atoms with Crippen molar-refractivity contribution in [2.75, 3.05) is 13.2 Å². The van der Waals surface area contributed by atoms with Gasteiger partial charge in [0.15, 0.2) is 5.78 Å². The van der Waals surface area contributed by atoms with Crippen molar-refractivity contribution in [3.8, 4) is 17.2 Å². The molecule has 0 saturated heterocycles. The number of allylic oxidation sites excluding steroid dienone is 2. The maximum Gasteiger partial charge on any atom is 0.185 e. The Balaban J connectivity index is 2.29. The molecule has 2 aromatic carbocycles. The number of rotatable bonds is 13. The van der Waals surface area contributed by atoms with Crippen LogP contribution >= 0.6 is 0 Å². The number of carbonyl (C=O) groups is 1. The van der Waals surface area contributed by atoms with Crippen molar-refractivity contribution >= 4 is 11.9 Å². The minimum absolute atomic E-state index is 0.0772. The van der Waals surface area contributed by atoms with Crippen LogP contribution in [-0.2, 0) is 6.42 Å². The Morgan fingerprint density at radius 1 is 0.935 bits per heavy atom. The molecule has 0 aliphatic carbocycles. The number of ether oxygens (including phenoxy) is 3. The molecule has 0 saturated carbocycles. The summed E-state index contributed by atoms with van der Waals surface area (Å²) in [5.74, 6) is 2.79. The summed E-state index contributed by atoms with van der Waals surface area (Å²) in [5.41, 5.74) is 2.61. The molecule has 0 atom stereocenters. The quantitative estimate of drug-likeness (QED) is 0.197. The molecule has 2 aromatic rings. The Bertz CT molecular complexity index is 894. The monoisotopic (exact) mass is 422 g/mol. The Labute approximate surface area is 186 Å². The molecular formula is C27H34O4. The molecule has 0 heterocycles. The lowest BCUT2D eigenvalue weighted by atomic mass is 10.0. The maximum atomic E-state index is 12.7. The average Bonchev–Trinajstić information content (AvgIpc) is 2.76. The van der Waals surface area contributed by atoms with Gasteiger partial charge in [0, 0.05) is 17.2 Å². The number of hydrogen-bond donors (Lipinski definition) is 0. The molecule has 0 bridgehead atoms. The van der Waals surface area contributed by atoms with Gasteiger partial charge in [-0.25, -0.2) is 0 Å². The zero-order valence-electron chi connectivity index (χ0n) is 19.2. The Kier molecular flexibility index (Phi) is 9.89. The van der Waals surface area contributed by atoms with E-state index in [-0.39, 0.29) is 5.78 Å². The standard InChI is InChI=1S/C27H34O4/c1-6-9-22-18-23(27(30-17-8-3)19-26(22)29-16-7-2)12-15-25(28)21-10-13-24(14-11-21)31-20(4)5/h10-15,18-19H,4,6-9,16-17H2,1-3,5H3/b15-12+. The topological polar surface area (TPSA) is 44.8 Å². The van der Waals surface area contributed by atoms with E-state index < -0.39 is 0 Å². The lowest BCUT2D eigenvalue weighted by Gasteiger charge is -2.16. The zero-order chi connectivity index (χ0) is 22.6. The summed E-state index contributed by atoms with van der Waals surface area (Å²) in [6.07, 6.45) is 7.19. The van der Waals surface area contributed by atoms with Gasteiger partial charge in [-0.05, 0) is 74.2 Å². The van der Waals surface area contributed by atoms with Crippen LogP contribution < -0.4 is 14.2 Å². The smallest absolute Gasteiger partial charge is 0.185 e. The Morgan fingerprint density at radius 3 is 2.16 bits per heavy atom. The highest BCUT2D eigenvalue weighted by molar-refractivity contribution is 6.07. The summed E-state index contributed by atoms with van der Waals surface area (Å²) >= 11 is 0. The van der Waals surface area contributed by atoms with E-state index in [4.69, 9.17) is 14.2 Å². The maximum absolute atomic E-state index is 12.7. The van der Waals surface area contributed by atoms with Gasteiger partial charge in [-0.1, -0.05) is 33.8 Å². The van der Waals surface area contributed by atoms with Crippen LogP contribution in [0, 0.1) is 0 Å². The van der Waals surface area contributed by atoms with Crippen LogP contribution in [0.1, 0.15) is 68.4 Å². The highest BCUT2D eigenvalue weighted by Crippen LogP contribution is 2.32. The van der Waals surface area contributed by atoms with E-state index in [9.17, 15) is 4.79 Å². The first-order valence-electron chi connectivity index (χ1n) is 11.1. The highest BCUT2D eigenvalue weighted by Gasteiger charge is 2.11. The molecule has 0 spiro atoms. The number of aryl methyl sites for hydroxylation is 1. The Hall–Kier alpha value is -3.01. The predicted molar refractivity (Wildman–Crippen MR) is 127 cm³/mol. The fourth-order valence-electron chi connectivity index (χ4n) is 3.05. The number of hydrogen-bond acceptors (Lipinski definition) is 4. The van der Waals surface area contributed by atoms with E-state index in [1.807, 2.05) is 12.1 Å². The number of ketones is 1. The number of carbonyl (C=O) groups excluding carboxylic acids is 1. The second-order valence-electron chi connectivity index (χ2n) is 7.47. The van der Waals surface area contributed by atoms with Crippen LogP contribution in [-0.4, -0.2) is 19.0 Å². The molecular weight excluding hydrogens is 388 g/mol. The normalized spacial score (nSPS) is 10.8. The molecule has 0 aliphatic heterocycles. The van der Waals surface area contributed by atoms with Crippen molar-refractivity contribution in [2.24, 2.45) is 0 Å². The molecule has 4 heteroatoms. The SMILES string of the molecule is C=C(C)Oc1ccc(C(=O)/C=C/c2cc(CCC)c(OCCC)cc2OCCC)cc1. The molecule has 0 radical (unpaired) electrons. The van der Waals surface area contributed by atoms with Crippen molar-refractivity contribution < 1.29 is 19.0 Å². The third-order valence-corrected chi connectivity index (χ3v) is 4.48. The molecule has 0 N–H and O–H groups in total. The van der Waals surface area contributed by atoms with Crippen LogP contribution in [0.3, 0.4) is 0 Å². The summed E-state index contributed by atoms with van der Waals surface area (Å²) in [7, 11) is 0. The molecule has 0 fully saturated rings. The lowest BCUT2D eigenvalue weighted by molar-refractivity contribution is 0.104. The predicted octanol–water partition coefficient (Wildman–Crippen LogP) is 7.03. The van der Waals surface area contributed by atoms with E-state index in [1.54, 1.807) is 37.3 Å². The first-order valence-corrected chi connectivity index (χ1v) is 11.1. The second kappa shape index (κ2) is 12.6. The summed E-state index contributed by atoms with van der Waals surface area (Å²) in [6.45, 7) is 13.1. The molecule has 2 rings (SSSR count). The van der Waals surface area contributed by atoms with E-state index in [0.29, 0.717) is 30.3 Å². The van der Waals surface area contributed by atoms with Gasteiger partial charge >= 0.3 is 0 Å². The molecule has 0 aromatic heterocycles. The molecule has 31 heavy (non-hydrogen) atoms. The van der Waals surface area contributed by atoms with Crippen LogP contribution in [0.25, 0.3) is 6.08 Å². The summed E-state index contributed by atoms with van der Waals surface area (Å²) in [5, 5.41) is 0. The fraction of sp³-hybridized carbons (Fsp3) is 0.370. The van der Waals surface area contributed by atoms with E-state index >= 15 is 0 Å². The van der Waals surface area contributed by atoms with Gasteiger partial charge in [0.2, 0.25) is 0 Å². The van der Waals surface area contributed by atoms with Gasteiger partial charge in [0.25, 0.3) is 0 Å². The van der Waals surface area contributed by atoms with Gasteiger partial charge in [-0.3, -0.25) is 4.79 Å². The van der Waals surface area contributed by atoms with E-state index in [2.05, 4.69) is 33.4 Å². The molecule has 0 aliphatic rings. The fourth-order valence-corrected chi connectivity index (χ4v) is 3.05.